The monoisotopic (exact) mass is 447 g/mol. The molecule has 30 heavy (non-hydrogen) atoms. The van der Waals surface area contributed by atoms with Gasteiger partial charge in [0.25, 0.3) is 0 Å². The van der Waals surface area contributed by atoms with Crippen molar-refractivity contribution in [2.75, 3.05) is 24.6 Å². The van der Waals surface area contributed by atoms with Crippen molar-refractivity contribution >= 4 is 40.1 Å². The number of hydrogen-bond donors (Lipinski definition) is 3. The molecule has 7 nitrogen and oxygen atoms in total. The van der Waals surface area contributed by atoms with E-state index in [1.807, 2.05) is 13.0 Å². The number of anilines is 1. The highest BCUT2D eigenvalue weighted by atomic mass is 35.5. The number of pyridine rings is 1. The van der Waals surface area contributed by atoms with Crippen molar-refractivity contribution < 1.29 is 4.74 Å². The Labute approximate surface area is 183 Å². The molecule has 2 saturated heterocycles. The fourth-order valence-electron chi connectivity index (χ4n) is 4.75. The molecule has 2 aliphatic heterocycles. The number of ether oxygens (including phenoxy) is 1. The summed E-state index contributed by atoms with van der Waals surface area (Å²) < 4.78 is 5.80. The number of aromatic amines is 2. The maximum absolute atomic E-state index is 13.0. The summed E-state index contributed by atoms with van der Waals surface area (Å²) in [6, 6.07) is 7.00. The van der Waals surface area contributed by atoms with Gasteiger partial charge in [-0.3, -0.25) is 9.89 Å². The maximum atomic E-state index is 13.0. The smallest absolute Gasteiger partial charge is 0.195 e. The average Bonchev–Trinajstić information content (AvgIpc) is 3.28. The zero-order valence-corrected chi connectivity index (χ0v) is 18.1. The van der Waals surface area contributed by atoms with Crippen LogP contribution < -0.4 is 16.1 Å². The predicted molar refractivity (Wildman–Crippen MR) is 119 cm³/mol. The van der Waals surface area contributed by atoms with E-state index in [1.165, 1.54) is 0 Å². The molecule has 0 bridgehead atoms. The number of benzene rings is 1. The number of aromatic nitrogens is 3. The molecule has 9 heteroatoms. The molecule has 0 unspecified atom stereocenters. The average molecular weight is 448 g/mol. The van der Waals surface area contributed by atoms with E-state index < -0.39 is 0 Å². The van der Waals surface area contributed by atoms with Crippen LogP contribution >= 0.6 is 23.2 Å². The third-order valence-corrected chi connectivity index (χ3v) is 7.51. The highest BCUT2D eigenvalue weighted by molar-refractivity contribution is 6.43. The van der Waals surface area contributed by atoms with E-state index in [9.17, 15) is 4.79 Å². The number of H-pyrrole nitrogens is 2. The molecule has 0 saturated carbocycles. The van der Waals surface area contributed by atoms with Crippen LogP contribution in [0.5, 0.6) is 0 Å². The van der Waals surface area contributed by atoms with E-state index >= 15 is 0 Å². The molecule has 5 rings (SSSR count). The number of piperidine rings is 1. The van der Waals surface area contributed by atoms with Gasteiger partial charge in [0.2, 0.25) is 0 Å². The number of halogens is 2. The molecule has 2 aliphatic rings. The molecule has 2 aromatic heterocycles. The molecular formula is C21H23Cl2N5O2. The van der Waals surface area contributed by atoms with Crippen LogP contribution in [0.4, 0.5) is 5.82 Å². The van der Waals surface area contributed by atoms with E-state index in [4.69, 9.17) is 33.7 Å². The van der Waals surface area contributed by atoms with Gasteiger partial charge in [-0.1, -0.05) is 35.3 Å². The molecule has 1 spiro atoms. The molecule has 3 aromatic rings. The Kier molecular flexibility index (Phi) is 4.82. The van der Waals surface area contributed by atoms with Crippen LogP contribution in [0, 0.1) is 5.41 Å². The summed E-state index contributed by atoms with van der Waals surface area (Å²) >= 11 is 12.5. The van der Waals surface area contributed by atoms with Gasteiger partial charge < -0.3 is 20.4 Å². The Bertz CT molecular complexity index is 1170. The van der Waals surface area contributed by atoms with Crippen molar-refractivity contribution in [3.8, 4) is 11.3 Å². The fourth-order valence-corrected chi connectivity index (χ4v) is 5.15. The van der Waals surface area contributed by atoms with Crippen molar-refractivity contribution in [1.82, 2.24) is 15.2 Å². The third kappa shape index (κ3) is 3.03. The van der Waals surface area contributed by atoms with Crippen molar-refractivity contribution in [3.63, 3.8) is 0 Å². The minimum absolute atomic E-state index is 0.0309. The summed E-state index contributed by atoms with van der Waals surface area (Å²) in [5.41, 5.74) is 8.04. The SMILES string of the molecule is C[C@@H]1OCC2(CCN(c3cc(=O)c4c(-c5cccc(Cl)c5Cl)[nH]nc4[nH]3)CC2)[C@@H]1N. The van der Waals surface area contributed by atoms with Crippen LogP contribution in [0.25, 0.3) is 22.3 Å². The Hall–Kier alpha value is -2.06. The lowest BCUT2D eigenvalue weighted by molar-refractivity contribution is 0.0974. The standard InChI is InChI=1S/C21H23Cl2N5O2/c1-11-19(24)21(10-30-11)5-7-28(8-6-21)15-9-14(29)16-18(26-27-20(16)25-15)12-3-2-4-13(22)17(12)23/h2-4,9,11,19H,5-8,10,24H2,1H3,(H2,25,26,27,29)/t11-,19+/m0/s1. The van der Waals surface area contributed by atoms with E-state index in [-0.39, 0.29) is 23.0 Å². The number of nitrogens with two attached hydrogens (primary N) is 1. The number of hydrogen-bond acceptors (Lipinski definition) is 5. The minimum Gasteiger partial charge on any atom is -0.376 e. The van der Waals surface area contributed by atoms with Crippen LogP contribution in [0.15, 0.2) is 29.1 Å². The van der Waals surface area contributed by atoms with E-state index in [0.717, 1.165) is 31.7 Å². The zero-order chi connectivity index (χ0) is 21.0. The number of nitrogens with zero attached hydrogens (tertiary/aromatic N) is 2. The first-order valence-corrected chi connectivity index (χ1v) is 10.8. The molecule has 2 fully saturated rings. The fraction of sp³-hybridized carbons (Fsp3) is 0.429. The van der Waals surface area contributed by atoms with Crippen LogP contribution in [-0.2, 0) is 4.74 Å². The third-order valence-electron chi connectivity index (χ3n) is 6.69. The van der Waals surface area contributed by atoms with E-state index in [1.54, 1.807) is 18.2 Å². The van der Waals surface area contributed by atoms with Crippen LogP contribution in [0.2, 0.25) is 10.0 Å². The summed E-state index contributed by atoms with van der Waals surface area (Å²) in [7, 11) is 0. The Morgan fingerprint density at radius 2 is 2.07 bits per heavy atom. The summed E-state index contributed by atoms with van der Waals surface area (Å²) in [5, 5.41) is 8.55. The lowest BCUT2D eigenvalue weighted by atomic mass is 9.73. The van der Waals surface area contributed by atoms with Gasteiger partial charge >= 0.3 is 0 Å². The zero-order valence-electron chi connectivity index (χ0n) is 16.5. The summed E-state index contributed by atoms with van der Waals surface area (Å²) in [6.07, 6.45) is 1.96. The van der Waals surface area contributed by atoms with Crippen LogP contribution in [0.1, 0.15) is 19.8 Å². The Morgan fingerprint density at radius 3 is 2.77 bits per heavy atom. The number of nitrogens with one attached hydrogen (secondary N) is 2. The van der Waals surface area contributed by atoms with Crippen molar-refractivity contribution in [2.24, 2.45) is 11.1 Å². The molecule has 1 aromatic carbocycles. The predicted octanol–water partition coefficient (Wildman–Crippen LogP) is 3.56. The molecule has 0 aliphatic carbocycles. The number of rotatable bonds is 2. The second-order valence-electron chi connectivity index (χ2n) is 8.33. The van der Waals surface area contributed by atoms with Crippen LogP contribution in [-0.4, -0.2) is 47.0 Å². The van der Waals surface area contributed by atoms with Gasteiger partial charge in [-0.15, -0.1) is 0 Å². The molecular weight excluding hydrogens is 425 g/mol. The van der Waals surface area contributed by atoms with E-state index in [2.05, 4.69) is 20.1 Å². The minimum atomic E-state index is -0.117. The van der Waals surface area contributed by atoms with Crippen LogP contribution in [0.3, 0.4) is 0 Å². The summed E-state index contributed by atoms with van der Waals surface area (Å²) in [4.78, 5) is 18.5. The first-order chi connectivity index (χ1) is 14.4. The molecule has 2 atom stereocenters. The number of fused-ring (bicyclic) bond motifs is 1. The first-order valence-electron chi connectivity index (χ1n) is 10.1. The highest BCUT2D eigenvalue weighted by Crippen LogP contribution is 2.42. The maximum Gasteiger partial charge on any atom is 0.195 e. The van der Waals surface area contributed by atoms with Gasteiger partial charge in [0.05, 0.1) is 33.8 Å². The lowest BCUT2D eigenvalue weighted by Crippen LogP contribution is -2.50. The lowest BCUT2D eigenvalue weighted by Gasteiger charge is -2.41. The molecule has 0 radical (unpaired) electrons. The molecule has 0 amide bonds. The Balaban J connectivity index is 1.46. The van der Waals surface area contributed by atoms with Gasteiger partial charge in [-0.25, -0.2) is 0 Å². The molecule has 4 heterocycles. The quantitative estimate of drug-likeness (QED) is 0.557. The first kappa shape index (κ1) is 19.9. The molecule has 4 N–H and O–H groups in total. The second kappa shape index (κ2) is 7.27. The molecule has 158 valence electrons. The highest BCUT2D eigenvalue weighted by Gasteiger charge is 2.47. The van der Waals surface area contributed by atoms with Crippen molar-refractivity contribution in [1.29, 1.82) is 0 Å². The topological polar surface area (TPSA) is 100 Å². The van der Waals surface area contributed by atoms with Gasteiger partial charge in [0.15, 0.2) is 11.1 Å². The van der Waals surface area contributed by atoms with Gasteiger partial charge in [-0.2, -0.15) is 5.10 Å². The normalized spacial score (nSPS) is 23.5. The van der Waals surface area contributed by atoms with E-state index in [0.29, 0.717) is 38.9 Å². The van der Waals surface area contributed by atoms with Gasteiger partial charge in [0.1, 0.15) is 5.82 Å². The van der Waals surface area contributed by atoms with Gasteiger partial charge in [-0.05, 0) is 25.8 Å². The van der Waals surface area contributed by atoms with Gasteiger partial charge in [0, 0.05) is 36.2 Å². The Morgan fingerprint density at radius 1 is 1.30 bits per heavy atom. The second-order valence-corrected chi connectivity index (χ2v) is 9.12. The summed E-state index contributed by atoms with van der Waals surface area (Å²) in [5.74, 6) is 0.762. The van der Waals surface area contributed by atoms with Crippen molar-refractivity contribution in [3.05, 3.63) is 44.5 Å². The largest absolute Gasteiger partial charge is 0.376 e. The van der Waals surface area contributed by atoms with Crippen molar-refractivity contribution in [2.45, 2.75) is 31.9 Å². The summed E-state index contributed by atoms with van der Waals surface area (Å²) in [6.45, 7) is 4.37.